The number of hydrogen-bond donors (Lipinski definition) is 0. The predicted molar refractivity (Wildman–Crippen MR) is 217 cm³/mol. The van der Waals surface area contributed by atoms with E-state index in [4.69, 9.17) is 0 Å². The maximum atomic E-state index is 2.38. The number of rotatable bonds is 5. The van der Waals surface area contributed by atoms with Gasteiger partial charge in [-0.1, -0.05) is 127 Å². The molecule has 0 fully saturated rings. The Kier molecular flexibility index (Phi) is 6.75. The second-order valence-corrected chi connectivity index (χ2v) is 14.1. The molecule has 50 heavy (non-hydrogen) atoms. The van der Waals surface area contributed by atoms with E-state index in [1.54, 1.807) is 0 Å². The topological polar surface area (TPSA) is 3.24 Å². The van der Waals surface area contributed by atoms with Crippen LogP contribution in [0.15, 0.2) is 188 Å². The van der Waals surface area contributed by atoms with Crippen molar-refractivity contribution >= 4 is 80.9 Å². The van der Waals surface area contributed by atoms with Gasteiger partial charge in [-0.2, -0.15) is 0 Å². The molecular formula is C48H31NS. The van der Waals surface area contributed by atoms with Gasteiger partial charge in [-0.25, -0.2) is 0 Å². The van der Waals surface area contributed by atoms with Crippen LogP contribution < -0.4 is 4.90 Å². The van der Waals surface area contributed by atoms with Crippen LogP contribution in [-0.4, -0.2) is 0 Å². The summed E-state index contributed by atoms with van der Waals surface area (Å²) in [5.74, 6) is 0. The summed E-state index contributed by atoms with van der Waals surface area (Å²) in [7, 11) is 0. The van der Waals surface area contributed by atoms with Crippen LogP contribution in [0, 0.1) is 0 Å². The second kappa shape index (κ2) is 11.7. The first kappa shape index (κ1) is 28.8. The molecule has 1 heterocycles. The summed E-state index contributed by atoms with van der Waals surface area (Å²) in [4.78, 5) is 2.38. The maximum Gasteiger partial charge on any atom is 0.0468 e. The Morgan fingerprint density at radius 3 is 1.78 bits per heavy atom. The zero-order valence-corrected chi connectivity index (χ0v) is 28.1. The number of nitrogens with zero attached hydrogens (tertiary/aromatic N) is 1. The average Bonchev–Trinajstić information content (AvgIpc) is 3.55. The maximum absolute atomic E-state index is 2.38. The quantitative estimate of drug-likeness (QED) is 0.167. The van der Waals surface area contributed by atoms with E-state index in [0.717, 1.165) is 17.1 Å². The van der Waals surface area contributed by atoms with Crippen molar-refractivity contribution in [2.24, 2.45) is 0 Å². The molecule has 0 bridgehead atoms. The van der Waals surface area contributed by atoms with Gasteiger partial charge in [0.2, 0.25) is 0 Å². The lowest BCUT2D eigenvalue weighted by Crippen LogP contribution is -2.10. The molecule has 10 rings (SSSR count). The minimum atomic E-state index is 1.12. The third-order valence-electron chi connectivity index (χ3n) is 9.99. The molecule has 1 nitrogen and oxygen atoms in total. The molecule has 1 aromatic heterocycles. The van der Waals surface area contributed by atoms with Gasteiger partial charge >= 0.3 is 0 Å². The molecule has 2 heteroatoms. The molecule has 0 spiro atoms. The highest BCUT2D eigenvalue weighted by Gasteiger charge is 2.16. The minimum Gasteiger partial charge on any atom is -0.310 e. The van der Waals surface area contributed by atoms with Gasteiger partial charge in [0.05, 0.1) is 0 Å². The first-order chi connectivity index (χ1) is 24.7. The van der Waals surface area contributed by atoms with Crippen LogP contribution >= 0.6 is 11.3 Å². The van der Waals surface area contributed by atoms with E-state index in [1.165, 1.54) is 74.7 Å². The molecule has 9 aromatic carbocycles. The number of fused-ring (bicyclic) bond motifs is 7. The molecule has 0 saturated carbocycles. The van der Waals surface area contributed by atoms with Gasteiger partial charge in [-0.3, -0.25) is 0 Å². The lowest BCUT2D eigenvalue weighted by Gasteiger charge is -2.27. The molecule has 0 atom stereocenters. The van der Waals surface area contributed by atoms with Crippen molar-refractivity contribution in [3.63, 3.8) is 0 Å². The Hall–Kier alpha value is -6.22. The van der Waals surface area contributed by atoms with Crippen molar-refractivity contribution in [1.29, 1.82) is 0 Å². The third-order valence-corrected chi connectivity index (χ3v) is 11.1. The van der Waals surface area contributed by atoms with E-state index in [0.29, 0.717) is 0 Å². The van der Waals surface area contributed by atoms with Crippen LogP contribution in [0.1, 0.15) is 0 Å². The summed E-state index contributed by atoms with van der Waals surface area (Å²) in [5, 5.41) is 10.2. The van der Waals surface area contributed by atoms with Gasteiger partial charge in [-0.15, -0.1) is 11.3 Å². The molecule has 0 unspecified atom stereocenters. The van der Waals surface area contributed by atoms with E-state index in [1.807, 2.05) is 11.3 Å². The number of hydrogen-bond acceptors (Lipinski definition) is 2. The van der Waals surface area contributed by atoms with E-state index in [9.17, 15) is 0 Å². The predicted octanol–water partition coefficient (Wildman–Crippen LogP) is 14.3. The molecule has 234 valence electrons. The van der Waals surface area contributed by atoms with Crippen molar-refractivity contribution in [2.75, 3.05) is 4.90 Å². The van der Waals surface area contributed by atoms with Gasteiger partial charge < -0.3 is 4.90 Å². The van der Waals surface area contributed by atoms with E-state index < -0.39 is 0 Å². The van der Waals surface area contributed by atoms with Crippen molar-refractivity contribution in [2.45, 2.75) is 0 Å². The van der Waals surface area contributed by atoms with Gasteiger partial charge in [0.1, 0.15) is 0 Å². The summed E-state index contributed by atoms with van der Waals surface area (Å²) in [6.45, 7) is 0. The van der Waals surface area contributed by atoms with Crippen LogP contribution in [0.5, 0.6) is 0 Å². The molecule has 10 aromatic rings. The standard InChI is InChI=1S/C48H31NS/c1-2-9-32(10-3-1)36-12-8-13-41(28-36)49(42-26-23-35-18-17-34-11-4-5-14-43(34)45(35)31-42)40-24-21-33(22-25-40)37-19-20-38-29-46-44-15-6-7-16-47(44)50-48(46)30-39(38)27-37/h1-31H. The van der Waals surface area contributed by atoms with Gasteiger partial charge in [0.25, 0.3) is 0 Å². The highest BCUT2D eigenvalue weighted by atomic mass is 32.1. The van der Waals surface area contributed by atoms with E-state index >= 15 is 0 Å². The Morgan fingerprint density at radius 2 is 0.900 bits per heavy atom. The summed E-state index contributed by atoms with van der Waals surface area (Å²) in [5.41, 5.74) is 8.19. The Morgan fingerprint density at radius 1 is 0.280 bits per heavy atom. The fraction of sp³-hybridized carbons (Fsp3) is 0. The summed E-state index contributed by atoms with van der Waals surface area (Å²) >= 11 is 1.87. The molecule has 0 aliphatic heterocycles. The second-order valence-electron chi connectivity index (χ2n) is 13.0. The Balaban J connectivity index is 1.09. The summed E-state index contributed by atoms with van der Waals surface area (Å²) in [6, 6.07) is 68.8. The zero-order valence-electron chi connectivity index (χ0n) is 27.3. The highest BCUT2D eigenvalue weighted by Crippen LogP contribution is 2.41. The van der Waals surface area contributed by atoms with Gasteiger partial charge in [0, 0.05) is 37.2 Å². The summed E-state index contributed by atoms with van der Waals surface area (Å²) < 4.78 is 2.68. The van der Waals surface area contributed by atoms with Crippen molar-refractivity contribution < 1.29 is 0 Å². The van der Waals surface area contributed by atoms with Crippen molar-refractivity contribution in [3.8, 4) is 22.3 Å². The SMILES string of the molecule is c1ccc(-c2cccc(N(c3ccc(-c4ccc5cc6c(cc5c4)sc4ccccc46)cc3)c3ccc4ccc5ccccc5c4c3)c2)cc1. The third kappa shape index (κ3) is 4.92. The summed E-state index contributed by atoms with van der Waals surface area (Å²) in [6.07, 6.45) is 0. The fourth-order valence-electron chi connectivity index (χ4n) is 7.48. The van der Waals surface area contributed by atoms with Crippen LogP contribution in [-0.2, 0) is 0 Å². The number of benzene rings is 9. The molecule has 0 N–H and O–H groups in total. The number of anilines is 3. The zero-order chi connectivity index (χ0) is 33.0. The highest BCUT2D eigenvalue weighted by molar-refractivity contribution is 7.25. The lowest BCUT2D eigenvalue weighted by atomic mass is 9.99. The smallest absolute Gasteiger partial charge is 0.0468 e. The molecule has 0 saturated heterocycles. The first-order valence-corrected chi connectivity index (χ1v) is 17.9. The Labute approximate surface area is 294 Å². The van der Waals surface area contributed by atoms with Crippen molar-refractivity contribution in [1.82, 2.24) is 0 Å². The molecule has 0 amide bonds. The van der Waals surface area contributed by atoms with E-state index in [-0.39, 0.29) is 0 Å². The largest absolute Gasteiger partial charge is 0.310 e. The molecule has 0 aliphatic rings. The molecule has 0 aliphatic carbocycles. The van der Waals surface area contributed by atoms with Crippen molar-refractivity contribution in [3.05, 3.63) is 188 Å². The van der Waals surface area contributed by atoms with Crippen LogP contribution in [0.3, 0.4) is 0 Å². The van der Waals surface area contributed by atoms with E-state index in [2.05, 4.69) is 193 Å². The Bertz CT molecular complexity index is 2870. The first-order valence-electron chi connectivity index (χ1n) is 17.1. The minimum absolute atomic E-state index is 1.12. The van der Waals surface area contributed by atoms with Gasteiger partial charge in [0.15, 0.2) is 0 Å². The average molecular weight is 654 g/mol. The van der Waals surface area contributed by atoms with Gasteiger partial charge in [-0.05, 0) is 115 Å². The molecule has 0 radical (unpaired) electrons. The van der Waals surface area contributed by atoms with Crippen LogP contribution in [0.2, 0.25) is 0 Å². The lowest BCUT2D eigenvalue weighted by molar-refractivity contribution is 1.29. The molecular weight excluding hydrogens is 623 g/mol. The van der Waals surface area contributed by atoms with Crippen LogP contribution in [0.25, 0.3) is 74.7 Å². The number of thiophene rings is 1. The monoisotopic (exact) mass is 653 g/mol. The van der Waals surface area contributed by atoms with Crippen LogP contribution in [0.4, 0.5) is 17.1 Å². The normalized spacial score (nSPS) is 11.6. The fourth-order valence-corrected chi connectivity index (χ4v) is 8.62.